The van der Waals surface area contributed by atoms with E-state index in [-0.39, 0.29) is 5.92 Å². The van der Waals surface area contributed by atoms with Crippen molar-refractivity contribution in [2.24, 2.45) is 17.3 Å². The molecule has 1 rings (SSSR count). The third kappa shape index (κ3) is 1.95. The Morgan fingerprint density at radius 2 is 2.18 bits per heavy atom. The zero-order valence-electron chi connectivity index (χ0n) is 7.42. The SMILES string of the molecule is C[C@H](CC1CC1(C)C)C(=O)O. The minimum Gasteiger partial charge on any atom is -0.481 e. The van der Waals surface area contributed by atoms with Crippen LogP contribution in [-0.4, -0.2) is 11.1 Å². The van der Waals surface area contributed by atoms with Crippen LogP contribution >= 0.6 is 0 Å². The second kappa shape index (κ2) is 2.50. The highest BCUT2D eigenvalue weighted by molar-refractivity contribution is 5.69. The van der Waals surface area contributed by atoms with Crippen LogP contribution in [0.1, 0.15) is 33.6 Å². The molecule has 11 heavy (non-hydrogen) atoms. The van der Waals surface area contributed by atoms with E-state index >= 15 is 0 Å². The Morgan fingerprint density at radius 1 is 1.73 bits per heavy atom. The molecule has 64 valence electrons. The predicted molar refractivity (Wildman–Crippen MR) is 43.3 cm³/mol. The zero-order chi connectivity index (χ0) is 8.65. The number of hydrogen-bond donors (Lipinski definition) is 1. The van der Waals surface area contributed by atoms with Gasteiger partial charge in [-0.1, -0.05) is 20.8 Å². The van der Waals surface area contributed by atoms with Gasteiger partial charge in [0.05, 0.1) is 5.92 Å². The summed E-state index contributed by atoms with van der Waals surface area (Å²) in [5.74, 6) is -0.178. The van der Waals surface area contributed by atoms with Crippen LogP contribution in [0.5, 0.6) is 0 Å². The molecule has 1 fully saturated rings. The van der Waals surface area contributed by atoms with E-state index in [4.69, 9.17) is 5.11 Å². The molecule has 0 aromatic heterocycles. The van der Waals surface area contributed by atoms with Crippen LogP contribution in [0.3, 0.4) is 0 Å². The van der Waals surface area contributed by atoms with Crippen molar-refractivity contribution in [2.45, 2.75) is 33.6 Å². The average Bonchev–Trinajstić information content (AvgIpc) is 2.39. The summed E-state index contributed by atoms with van der Waals surface area (Å²) in [4.78, 5) is 10.5. The summed E-state index contributed by atoms with van der Waals surface area (Å²) in [6.07, 6.45) is 2.05. The predicted octanol–water partition coefficient (Wildman–Crippen LogP) is 2.14. The maximum absolute atomic E-state index is 10.5. The van der Waals surface area contributed by atoms with Crippen LogP contribution < -0.4 is 0 Å². The standard InChI is InChI=1S/C9H16O2/c1-6(8(10)11)4-7-5-9(7,2)3/h6-7H,4-5H2,1-3H3,(H,10,11)/t6-,7?/m1/s1. The Labute approximate surface area is 67.6 Å². The average molecular weight is 156 g/mol. The van der Waals surface area contributed by atoms with Gasteiger partial charge in [0.15, 0.2) is 0 Å². The Hall–Kier alpha value is -0.530. The number of aliphatic carboxylic acids is 1. The monoisotopic (exact) mass is 156 g/mol. The van der Waals surface area contributed by atoms with Crippen molar-refractivity contribution < 1.29 is 9.90 Å². The molecule has 1 unspecified atom stereocenters. The van der Waals surface area contributed by atoms with E-state index in [9.17, 15) is 4.79 Å². The molecule has 0 saturated heterocycles. The summed E-state index contributed by atoms with van der Waals surface area (Å²) in [5.41, 5.74) is 0.420. The molecule has 0 aromatic rings. The van der Waals surface area contributed by atoms with Gasteiger partial charge in [0, 0.05) is 0 Å². The van der Waals surface area contributed by atoms with E-state index in [2.05, 4.69) is 13.8 Å². The van der Waals surface area contributed by atoms with Gasteiger partial charge >= 0.3 is 5.97 Å². The van der Waals surface area contributed by atoms with E-state index in [0.717, 1.165) is 6.42 Å². The van der Waals surface area contributed by atoms with Crippen LogP contribution in [0.15, 0.2) is 0 Å². The summed E-state index contributed by atoms with van der Waals surface area (Å²) in [6, 6.07) is 0. The fraction of sp³-hybridized carbons (Fsp3) is 0.889. The smallest absolute Gasteiger partial charge is 0.306 e. The van der Waals surface area contributed by atoms with Gasteiger partial charge in [0.25, 0.3) is 0 Å². The van der Waals surface area contributed by atoms with Crippen LogP contribution in [0.25, 0.3) is 0 Å². The van der Waals surface area contributed by atoms with Crippen LogP contribution in [-0.2, 0) is 4.79 Å². The maximum Gasteiger partial charge on any atom is 0.306 e. The highest BCUT2D eigenvalue weighted by atomic mass is 16.4. The lowest BCUT2D eigenvalue weighted by Gasteiger charge is -2.06. The third-order valence-corrected chi connectivity index (χ3v) is 2.78. The fourth-order valence-corrected chi connectivity index (χ4v) is 1.51. The number of rotatable bonds is 3. The van der Waals surface area contributed by atoms with E-state index in [1.807, 2.05) is 0 Å². The van der Waals surface area contributed by atoms with Crippen molar-refractivity contribution in [1.29, 1.82) is 0 Å². The molecule has 2 nitrogen and oxygen atoms in total. The summed E-state index contributed by atoms with van der Waals surface area (Å²) >= 11 is 0. The minimum atomic E-state index is -0.660. The van der Waals surface area contributed by atoms with Gasteiger partial charge < -0.3 is 5.11 Å². The number of carboxylic acids is 1. The van der Waals surface area contributed by atoms with E-state index in [1.54, 1.807) is 6.92 Å². The highest BCUT2D eigenvalue weighted by Crippen LogP contribution is 2.54. The van der Waals surface area contributed by atoms with Crippen molar-refractivity contribution in [1.82, 2.24) is 0 Å². The first-order valence-electron chi connectivity index (χ1n) is 4.16. The molecule has 1 aliphatic carbocycles. The molecule has 0 aromatic carbocycles. The second-order valence-electron chi connectivity index (χ2n) is 4.36. The molecule has 2 atom stereocenters. The molecular formula is C9H16O2. The molecule has 1 saturated carbocycles. The van der Waals surface area contributed by atoms with E-state index in [1.165, 1.54) is 6.42 Å². The summed E-state index contributed by atoms with van der Waals surface area (Å²) in [7, 11) is 0. The van der Waals surface area contributed by atoms with Gasteiger partial charge in [-0.05, 0) is 24.2 Å². The number of hydrogen-bond acceptors (Lipinski definition) is 1. The first-order chi connectivity index (χ1) is 4.93. The highest BCUT2D eigenvalue weighted by Gasteiger charge is 2.46. The van der Waals surface area contributed by atoms with Crippen molar-refractivity contribution in [2.75, 3.05) is 0 Å². The van der Waals surface area contributed by atoms with Crippen molar-refractivity contribution in [3.63, 3.8) is 0 Å². The molecule has 0 heterocycles. The molecular weight excluding hydrogens is 140 g/mol. The molecule has 1 N–H and O–H groups in total. The number of carboxylic acid groups (broad SMARTS) is 1. The third-order valence-electron chi connectivity index (χ3n) is 2.78. The molecule has 0 aliphatic heterocycles. The summed E-state index contributed by atoms with van der Waals surface area (Å²) < 4.78 is 0. The van der Waals surface area contributed by atoms with Gasteiger partial charge in [-0.2, -0.15) is 0 Å². The lowest BCUT2D eigenvalue weighted by molar-refractivity contribution is -0.141. The molecule has 2 heteroatoms. The Morgan fingerprint density at radius 3 is 2.45 bits per heavy atom. The Balaban J connectivity index is 2.29. The topological polar surface area (TPSA) is 37.3 Å². The zero-order valence-corrected chi connectivity index (χ0v) is 7.42. The van der Waals surface area contributed by atoms with Gasteiger partial charge in [-0.15, -0.1) is 0 Å². The lowest BCUT2D eigenvalue weighted by atomic mass is 10.00. The first-order valence-corrected chi connectivity index (χ1v) is 4.16. The van der Waals surface area contributed by atoms with E-state index in [0.29, 0.717) is 11.3 Å². The van der Waals surface area contributed by atoms with Crippen LogP contribution in [0.2, 0.25) is 0 Å². The molecule has 0 spiro atoms. The molecule has 0 amide bonds. The first kappa shape index (κ1) is 8.57. The van der Waals surface area contributed by atoms with Gasteiger partial charge in [0.1, 0.15) is 0 Å². The van der Waals surface area contributed by atoms with Gasteiger partial charge in [-0.3, -0.25) is 4.79 Å². The quantitative estimate of drug-likeness (QED) is 0.679. The van der Waals surface area contributed by atoms with E-state index < -0.39 is 5.97 Å². The normalized spacial score (nSPS) is 29.5. The van der Waals surface area contributed by atoms with Crippen LogP contribution in [0, 0.1) is 17.3 Å². The van der Waals surface area contributed by atoms with Crippen LogP contribution in [0.4, 0.5) is 0 Å². The molecule has 0 radical (unpaired) electrons. The van der Waals surface area contributed by atoms with Crippen molar-refractivity contribution in [3.05, 3.63) is 0 Å². The number of carbonyl (C=O) groups is 1. The van der Waals surface area contributed by atoms with Crippen molar-refractivity contribution in [3.8, 4) is 0 Å². The second-order valence-corrected chi connectivity index (χ2v) is 4.36. The lowest BCUT2D eigenvalue weighted by Crippen LogP contribution is -2.11. The van der Waals surface area contributed by atoms with Crippen molar-refractivity contribution >= 4 is 5.97 Å². The molecule has 0 bridgehead atoms. The largest absolute Gasteiger partial charge is 0.481 e. The Kier molecular flexibility index (Phi) is 1.95. The van der Waals surface area contributed by atoms with Gasteiger partial charge in [-0.25, -0.2) is 0 Å². The summed E-state index contributed by atoms with van der Waals surface area (Å²) in [5, 5.41) is 8.63. The fourth-order valence-electron chi connectivity index (χ4n) is 1.51. The maximum atomic E-state index is 10.5. The molecule has 1 aliphatic rings. The Bertz CT molecular complexity index is 172. The summed E-state index contributed by atoms with van der Waals surface area (Å²) in [6.45, 7) is 6.19. The van der Waals surface area contributed by atoms with Gasteiger partial charge in [0.2, 0.25) is 0 Å². The minimum absolute atomic E-state index is 0.165.